The number of hydrogen-bond donors (Lipinski definition) is 0. The number of nitrogens with zero attached hydrogens (tertiary/aromatic N) is 2. The van der Waals surface area contributed by atoms with Gasteiger partial charge in [0.15, 0.2) is 0 Å². The molecule has 0 fully saturated rings. The van der Waals surface area contributed by atoms with Gasteiger partial charge in [-0.15, -0.1) is 11.3 Å². The second kappa shape index (κ2) is 7.29. The highest BCUT2D eigenvalue weighted by molar-refractivity contribution is 7.13. The molecule has 0 unspecified atom stereocenters. The van der Waals surface area contributed by atoms with Crippen molar-refractivity contribution < 1.29 is 9.53 Å². The molecule has 2 heterocycles. The van der Waals surface area contributed by atoms with E-state index in [1.165, 1.54) is 6.08 Å². The summed E-state index contributed by atoms with van der Waals surface area (Å²) in [6, 6.07) is 17.0. The van der Waals surface area contributed by atoms with Crippen LogP contribution in [0.3, 0.4) is 0 Å². The van der Waals surface area contributed by atoms with Crippen LogP contribution in [0.1, 0.15) is 5.56 Å². The molecule has 5 heteroatoms. The zero-order valence-electron chi connectivity index (χ0n) is 13.7. The second-order valence-corrected chi connectivity index (χ2v) is 6.43. The van der Waals surface area contributed by atoms with Gasteiger partial charge in [0.05, 0.1) is 5.52 Å². The molecule has 0 amide bonds. The van der Waals surface area contributed by atoms with Gasteiger partial charge in [-0.3, -0.25) is 4.98 Å². The Morgan fingerprint density at radius 2 is 1.81 bits per heavy atom. The predicted octanol–water partition coefficient (Wildman–Crippen LogP) is 4.98. The Hall–Kier alpha value is -3.31. The van der Waals surface area contributed by atoms with E-state index >= 15 is 0 Å². The fraction of sp³-hybridized carbons (Fsp3) is 0. The average molecular weight is 358 g/mol. The van der Waals surface area contributed by atoms with Crippen LogP contribution in [0.5, 0.6) is 5.75 Å². The maximum Gasteiger partial charge on any atom is 0.336 e. The fourth-order valence-corrected chi connectivity index (χ4v) is 3.25. The van der Waals surface area contributed by atoms with Gasteiger partial charge in [0.25, 0.3) is 0 Å². The van der Waals surface area contributed by atoms with E-state index in [2.05, 4.69) is 9.97 Å². The minimum atomic E-state index is -0.431. The summed E-state index contributed by atoms with van der Waals surface area (Å²) >= 11 is 1.57. The topological polar surface area (TPSA) is 52.1 Å². The van der Waals surface area contributed by atoms with Crippen molar-refractivity contribution in [3.05, 3.63) is 84.0 Å². The third kappa shape index (κ3) is 3.53. The molecule has 2 aromatic carbocycles. The van der Waals surface area contributed by atoms with Gasteiger partial charge in [-0.2, -0.15) is 0 Å². The van der Waals surface area contributed by atoms with Crippen LogP contribution < -0.4 is 4.74 Å². The predicted molar refractivity (Wildman–Crippen MR) is 104 cm³/mol. The number of pyridine rings is 1. The lowest BCUT2D eigenvalue weighted by atomic mass is 10.1. The molecule has 0 aliphatic carbocycles. The Kier molecular flexibility index (Phi) is 4.53. The molecule has 0 spiro atoms. The van der Waals surface area contributed by atoms with E-state index in [1.54, 1.807) is 41.9 Å². The number of aromatic nitrogens is 2. The Balaban J connectivity index is 1.47. The molecule has 4 aromatic rings. The number of esters is 1. The lowest BCUT2D eigenvalue weighted by Gasteiger charge is -2.03. The molecule has 0 atom stereocenters. The SMILES string of the molecule is O=C(/C=C\c1cccc2cccnc12)Oc1ccc(-c2nccs2)cc1. The highest BCUT2D eigenvalue weighted by Crippen LogP contribution is 2.24. The summed E-state index contributed by atoms with van der Waals surface area (Å²) in [7, 11) is 0. The average Bonchev–Trinajstić information content (AvgIpc) is 3.22. The molecule has 4 nitrogen and oxygen atoms in total. The molecule has 0 aliphatic rings. The van der Waals surface area contributed by atoms with E-state index in [-0.39, 0.29) is 0 Å². The molecular formula is C21H14N2O2S. The summed E-state index contributed by atoms with van der Waals surface area (Å²) in [5, 5.41) is 3.89. The number of fused-ring (bicyclic) bond motifs is 1. The molecule has 0 radical (unpaired) electrons. The summed E-state index contributed by atoms with van der Waals surface area (Å²) in [5.41, 5.74) is 2.73. The zero-order valence-corrected chi connectivity index (χ0v) is 14.5. The number of para-hydroxylation sites is 1. The van der Waals surface area contributed by atoms with Crippen LogP contribution in [0.25, 0.3) is 27.6 Å². The third-order valence-corrected chi connectivity index (χ3v) is 4.64. The standard InChI is InChI=1S/C21H14N2O2S/c24-19(11-8-16-4-1-3-15-5-2-12-22-20(15)16)25-18-9-6-17(7-10-18)21-23-13-14-26-21/h1-14H/b11-8-. The van der Waals surface area contributed by atoms with E-state index in [9.17, 15) is 4.79 Å². The van der Waals surface area contributed by atoms with Gasteiger partial charge in [0.1, 0.15) is 10.8 Å². The van der Waals surface area contributed by atoms with Gasteiger partial charge < -0.3 is 4.74 Å². The van der Waals surface area contributed by atoms with Crippen LogP contribution in [0.4, 0.5) is 0 Å². The van der Waals surface area contributed by atoms with Crippen molar-refractivity contribution in [2.75, 3.05) is 0 Å². The quantitative estimate of drug-likeness (QED) is 0.293. The number of ether oxygens (including phenoxy) is 1. The van der Waals surface area contributed by atoms with E-state index in [1.807, 2.05) is 47.8 Å². The van der Waals surface area contributed by atoms with Crippen LogP contribution in [-0.2, 0) is 4.79 Å². The summed E-state index contributed by atoms with van der Waals surface area (Å²) in [6.07, 6.45) is 6.64. The Bertz CT molecular complexity index is 1070. The lowest BCUT2D eigenvalue weighted by Crippen LogP contribution is -2.03. The number of hydrogen-bond acceptors (Lipinski definition) is 5. The largest absolute Gasteiger partial charge is 0.423 e. The molecule has 26 heavy (non-hydrogen) atoms. The molecule has 0 N–H and O–H groups in total. The van der Waals surface area contributed by atoms with Crippen LogP contribution >= 0.6 is 11.3 Å². The van der Waals surface area contributed by atoms with Gasteiger partial charge in [-0.25, -0.2) is 9.78 Å². The number of carbonyl (C=O) groups is 1. The summed E-state index contributed by atoms with van der Waals surface area (Å²) < 4.78 is 5.36. The molecule has 0 saturated heterocycles. The number of benzene rings is 2. The van der Waals surface area contributed by atoms with E-state index in [0.29, 0.717) is 5.75 Å². The highest BCUT2D eigenvalue weighted by Gasteiger charge is 2.04. The van der Waals surface area contributed by atoms with Crippen LogP contribution in [0, 0.1) is 0 Å². The summed E-state index contributed by atoms with van der Waals surface area (Å²) in [4.78, 5) is 20.7. The van der Waals surface area contributed by atoms with Crippen molar-refractivity contribution in [2.24, 2.45) is 0 Å². The Labute approximate surface area is 154 Å². The van der Waals surface area contributed by atoms with Crippen molar-refractivity contribution in [1.82, 2.24) is 9.97 Å². The Morgan fingerprint density at radius 3 is 2.62 bits per heavy atom. The molecule has 0 saturated carbocycles. The minimum absolute atomic E-state index is 0.431. The van der Waals surface area contributed by atoms with Crippen LogP contribution in [0.15, 0.2) is 78.4 Å². The minimum Gasteiger partial charge on any atom is -0.423 e. The van der Waals surface area contributed by atoms with Crippen molar-refractivity contribution >= 4 is 34.3 Å². The van der Waals surface area contributed by atoms with Crippen molar-refractivity contribution in [1.29, 1.82) is 0 Å². The van der Waals surface area contributed by atoms with Crippen LogP contribution in [0.2, 0.25) is 0 Å². The van der Waals surface area contributed by atoms with E-state index < -0.39 is 5.97 Å². The van der Waals surface area contributed by atoms with Gasteiger partial charge in [0, 0.05) is 40.4 Å². The Morgan fingerprint density at radius 1 is 0.962 bits per heavy atom. The molecule has 126 valence electrons. The summed E-state index contributed by atoms with van der Waals surface area (Å²) in [5.74, 6) is 0.0657. The summed E-state index contributed by atoms with van der Waals surface area (Å²) in [6.45, 7) is 0. The zero-order chi connectivity index (χ0) is 17.8. The number of carbonyl (C=O) groups excluding carboxylic acids is 1. The first-order valence-electron chi connectivity index (χ1n) is 8.03. The number of rotatable bonds is 4. The van der Waals surface area contributed by atoms with Crippen molar-refractivity contribution in [2.45, 2.75) is 0 Å². The highest BCUT2D eigenvalue weighted by atomic mass is 32.1. The third-order valence-electron chi connectivity index (χ3n) is 3.81. The first-order chi connectivity index (χ1) is 12.8. The number of thiazole rings is 1. The molecule has 4 rings (SSSR count). The van der Waals surface area contributed by atoms with E-state index in [4.69, 9.17) is 4.74 Å². The molecule has 0 bridgehead atoms. The van der Waals surface area contributed by atoms with Crippen LogP contribution in [-0.4, -0.2) is 15.9 Å². The normalized spacial score (nSPS) is 11.1. The van der Waals surface area contributed by atoms with E-state index in [0.717, 1.165) is 27.0 Å². The van der Waals surface area contributed by atoms with Crippen molar-refractivity contribution in [3.8, 4) is 16.3 Å². The van der Waals surface area contributed by atoms with Gasteiger partial charge in [0.2, 0.25) is 0 Å². The second-order valence-electron chi connectivity index (χ2n) is 5.54. The van der Waals surface area contributed by atoms with Gasteiger partial charge >= 0.3 is 5.97 Å². The van der Waals surface area contributed by atoms with Crippen molar-refractivity contribution in [3.63, 3.8) is 0 Å². The molecular weight excluding hydrogens is 344 g/mol. The van der Waals surface area contributed by atoms with Gasteiger partial charge in [-0.05, 0) is 36.4 Å². The van der Waals surface area contributed by atoms with Gasteiger partial charge in [-0.1, -0.05) is 24.3 Å². The maximum atomic E-state index is 12.1. The first-order valence-corrected chi connectivity index (χ1v) is 8.91. The smallest absolute Gasteiger partial charge is 0.336 e. The first kappa shape index (κ1) is 16.2. The maximum absolute atomic E-state index is 12.1. The molecule has 2 aromatic heterocycles. The monoisotopic (exact) mass is 358 g/mol. The lowest BCUT2D eigenvalue weighted by molar-refractivity contribution is -0.128. The molecule has 0 aliphatic heterocycles. The fourth-order valence-electron chi connectivity index (χ4n) is 2.60.